The van der Waals surface area contributed by atoms with Crippen LogP contribution in [0.5, 0.6) is 0 Å². The van der Waals surface area contributed by atoms with Gasteiger partial charge in [-0.1, -0.05) is 12.2 Å². The van der Waals surface area contributed by atoms with E-state index in [0.717, 1.165) is 5.70 Å². The minimum atomic E-state index is -0.724. The molecule has 88 valence electrons. The van der Waals surface area contributed by atoms with Gasteiger partial charge < -0.3 is 15.7 Å². The number of carbonyl (C=O) groups excluding carboxylic acids is 1. The van der Waals surface area contributed by atoms with Crippen molar-refractivity contribution in [3.05, 3.63) is 35.8 Å². The van der Waals surface area contributed by atoms with Crippen LogP contribution in [0.4, 0.5) is 0 Å². The molecule has 0 aliphatic carbocycles. The van der Waals surface area contributed by atoms with Crippen LogP contribution in [0.1, 0.15) is 27.2 Å². The smallest absolute Gasteiger partial charge is 0.222 e. The van der Waals surface area contributed by atoms with E-state index in [4.69, 9.17) is 0 Å². The van der Waals surface area contributed by atoms with Crippen molar-refractivity contribution < 1.29 is 9.90 Å². The van der Waals surface area contributed by atoms with Gasteiger partial charge in [0.1, 0.15) is 5.82 Å². The lowest BCUT2D eigenvalue weighted by Gasteiger charge is -2.18. The fourth-order valence-corrected chi connectivity index (χ4v) is 1.23. The fourth-order valence-electron chi connectivity index (χ4n) is 1.23. The number of hydrogen-bond donors (Lipinski definition) is 3. The fraction of sp³-hybridized carbons (Fsp3) is 0.417. The zero-order valence-electron chi connectivity index (χ0n) is 9.87. The Bertz CT molecular complexity index is 360. The van der Waals surface area contributed by atoms with Crippen molar-refractivity contribution in [3.63, 3.8) is 0 Å². The quantitative estimate of drug-likeness (QED) is 0.671. The minimum Gasteiger partial charge on any atom is -0.390 e. The van der Waals surface area contributed by atoms with Crippen LogP contribution in [0.2, 0.25) is 0 Å². The number of amides is 1. The van der Waals surface area contributed by atoms with Crippen LogP contribution >= 0.6 is 0 Å². The topological polar surface area (TPSA) is 61.4 Å². The van der Waals surface area contributed by atoms with Crippen LogP contribution in [-0.2, 0) is 4.79 Å². The maximum atomic E-state index is 10.9. The summed E-state index contributed by atoms with van der Waals surface area (Å²) in [6.07, 6.45) is 7.95. The van der Waals surface area contributed by atoms with Gasteiger partial charge >= 0.3 is 0 Å². The lowest BCUT2D eigenvalue weighted by atomic mass is 10.0. The highest BCUT2D eigenvalue weighted by atomic mass is 16.3. The van der Waals surface area contributed by atoms with Gasteiger partial charge in [-0.05, 0) is 32.4 Å². The molecule has 0 aromatic heterocycles. The van der Waals surface area contributed by atoms with Crippen molar-refractivity contribution in [1.82, 2.24) is 10.6 Å². The highest BCUT2D eigenvalue weighted by molar-refractivity contribution is 5.75. The van der Waals surface area contributed by atoms with Crippen molar-refractivity contribution >= 4 is 5.91 Å². The summed E-state index contributed by atoms with van der Waals surface area (Å²) in [5.41, 5.74) is 0.145. The standard InChI is InChI=1S/C12H18N2O2/c1-9(15)13-11-6-4-5-10(14-11)7-8-12(2,3)16/h4-7,14,16H,8H2,1-3H3,(H,13,15). The SMILES string of the molecule is CC(=O)NC1=CC=CC(=CCC(C)(C)O)N1. The van der Waals surface area contributed by atoms with Crippen LogP contribution < -0.4 is 10.6 Å². The normalized spacial score (nSPS) is 18.0. The van der Waals surface area contributed by atoms with E-state index in [-0.39, 0.29) is 5.91 Å². The summed E-state index contributed by atoms with van der Waals surface area (Å²) in [5.74, 6) is 0.535. The Morgan fingerprint density at radius 2 is 2.31 bits per heavy atom. The van der Waals surface area contributed by atoms with E-state index >= 15 is 0 Å². The maximum absolute atomic E-state index is 10.9. The van der Waals surface area contributed by atoms with Gasteiger partial charge in [-0.2, -0.15) is 0 Å². The van der Waals surface area contributed by atoms with E-state index in [1.807, 2.05) is 18.2 Å². The van der Waals surface area contributed by atoms with Crippen LogP contribution in [0.15, 0.2) is 35.8 Å². The second-order valence-corrected chi connectivity index (χ2v) is 4.42. The van der Waals surface area contributed by atoms with E-state index in [2.05, 4.69) is 10.6 Å². The minimum absolute atomic E-state index is 0.115. The molecule has 0 bridgehead atoms. The van der Waals surface area contributed by atoms with Crippen molar-refractivity contribution in [2.45, 2.75) is 32.8 Å². The van der Waals surface area contributed by atoms with Gasteiger partial charge in [0.05, 0.1) is 5.60 Å². The lowest BCUT2D eigenvalue weighted by Crippen LogP contribution is -2.30. The molecule has 0 unspecified atom stereocenters. The number of allylic oxidation sites excluding steroid dienone is 3. The molecule has 3 N–H and O–H groups in total. The molecule has 4 nitrogen and oxygen atoms in total. The first-order chi connectivity index (χ1) is 7.37. The molecular weight excluding hydrogens is 204 g/mol. The first kappa shape index (κ1) is 12.5. The van der Waals surface area contributed by atoms with Crippen LogP contribution in [-0.4, -0.2) is 16.6 Å². The van der Waals surface area contributed by atoms with Gasteiger partial charge in [0.25, 0.3) is 0 Å². The van der Waals surface area contributed by atoms with Gasteiger partial charge in [0.2, 0.25) is 5.91 Å². The second-order valence-electron chi connectivity index (χ2n) is 4.42. The van der Waals surface area contributed by atoms with Crippen molar-refractivity contribution in [3.8, 4) is 0 Å². The number of dihydropyridines is 1. The molecule has 1 aliphatic rings. The molecule has 1 rings (SSSR count). The van der Waals surface area contributed by atoms with E-state index < -0.39 is 5.60 Å². The summed E-state index contributed by atoms with van der Waals surface area (Å²) in [6.45, 7) is 4.96. The largest absolute Gasteiger partial charge is 0.390 e. The Hall–Kier alpha value is -1.55. The highest BCUT2D eigenvalue weighted by Crippen LogP contribution is 2.11. The molecule has 0 spiro atoms. The zero-order chi connectivity index (χ0) is 12.2. The van der Waals surface area contributed by atoms with Gasteiger partial charge in [-0.3, -0.25) is 4.79 Å². The summed E-state index contributed by atoms with van der Waals surface area (Å²) in [4.78, 5) is 10.9. The molecule has 0 saturated heterocycles. The summed E-state index contributed by atoms with van der Waals surface area (Å²) in [6, 6.07) is 0. The average Bonchev–Trinajstić information content (AvgIpc) is 2.13. The Labute approximate surface area is 95.7 Å². The Morgan fingerprint density at radius 3 is 2.88 bits per heavy atom. The number of carbonyl (C=O) groups is 1. The third-order valence-electron chi connectivity index (χ3n) is 1.95. The van der Waals surface area contributed by atoms with Crippen LogP contribution in [0.25, 0.3) is 0 Å². The second kappa shape index (κ2) is 4.99. The predicted molar refractivity (Wildman–Crippen MR) is 63.2 cm³/mol. The Morgan fingerprint density at radius 1 is 1.62 bits per heavy atom. The summed E-state index contributed by atoms with van der Waals surface area (Å²) >= 11 is 0. The summed E-state index contributed by atoms with van der Waals surface area (Å²) in [5, 5.41) is 15.3. The van der Waals surface area contributed by atoms with Crippen LogP contribution in [0, 0.1) is 0 Å². The Kier molecular flexibility index (Phi) is 3.90. The highest BCUT2D eigenvalue weighted by Gasteiger charge is 2.11. The van der Waals surface area contributed by atoms with E-state index in [0.29, 0.717) is 12.2 Å². The molecule has 4 heteroatoms. The number of hydrogen-bond acceptors (Lipinski definition) is 3. The molecule has 0 aromatic rings. The number of aliphatic hydroxyl groups is 1. The lowest BCUT2D eigenvalue weighted by molar-refractivity contribution is -0.118. The molecular formula is C12H18N2O2. The third kappa shape index (κ3) is 4.79. The van der Waals surface area contributed by atoms with Crippen LogP contribution in [0.3, 0.4) is 0 Å². The molecule has 0 saturated carbocycles. The summed E-state index contributed by atoms with van der Waals surface area (Å²) in [7, 11) is 0. The zero-order valence-corrected chi connectivity index (χ0v) is 9.87. The number of nitrogens with one attached hydrogen (secondary N) is 2. The van der Waals surface area contributed by atoms with E-state index in [1.165, 1.54) is 6.92 Å². The molecule has 0 aromatic carbocycles. The first-order valence-electron chi connectivity index (χ1n) is 5.22. The Balaban J connectivity index is 2.59. The average molecular weight is 222 g/mol. The van der Waals surface area contributed by atoms with Gasteiger partial charge in [-0.25, -0.2) is 0 Å². The number of rotatable bonds is 3. The molecule has 16 heavy (non-hydrogen) atoms. The van der Waals surface area contributed by atoms with E-state index in [1.54, 1.807) is 19.9 Å². The molecule has 0 fully saturated rings. The molecule has 0 atom stereocenters. The van der Waals surface area contributed by atoms with Gasteiger partial charge in [0.15, 0.2) is 0 Å². The van der Waals surface area contributed by atoms with Gasteiger partial charge in [-0.15, -0.1) is 0 Å². The monoisotopic (exact) mass is 222 g/mol. The third-order valence-corrected chi connectivity index (χ3v) is 1.95. The maximum Gasteiger partial charge on any atom is 0.222 e. The van der Waals surface area contributed by atoms with E-state index in [9.17, 15) is 9.90 Å². The first-order valence-corrected chi connectivity index (χ1v) is 5.22. The molecule has 1 aliphatic heterocycles. The van der Waals surface area contributed by atoms with Gasteiger partial charge in [0, 0.05) is 12.6 Å². The summed E-state index contributed by atoms with van der Waals surface area (Å²) < 4.78 is 0. The molecule has 1 amide bonds. The van der Waals surface area contributed by atoms with Crippen molar-refractivity contribution in [2.24, 2.45) is 0 Å². The van der Waals surface area contributed by atoms with Crippen molar-refractivity contribution in [1.29, 1.82) is 0 Å². The molecule has 0 radical (unpaired) electrons. The predicted octanol–water partition coefficient (Wildman–Crippen LogP) is 1.17. The molecule has 1 heterocycles. The van der Waals surface area contributed by atoms with Crippen molar-refractivity contribution in [2.75, 3.05) is 0 Å².